The van der Waals surface area contributed by atoms with Crippen LogP contribution in [0.15, 0.2) is 18.5 Å². The number of piperidine rings is 2. The Hall–Kier alpha value is -1.36. The van der Waals surface area contributed by atoms with Crippen molar-refractivity contribution in [1.82, 2.24) is 20.0 Å². The maximum absolute atomic E-state index is 13.3. The first-order chi connectivity index (χ1) is 10.1. The van der Waals surface area contributed by atoms with Crippen molar-refractivity contribution in [3.8, 4) is 0 Å². The molecular weight excluding hydrogens is 264 g/mol. The van der Waals surface area contributed by atoms with Gasteiger partial charge in [-0.15, -0.1) is 0 Å². The van der Waals surface area contributed by atoms with Gasteiger partial charge in [0.2, 0.25) is 0 Å². The maximum atomic E-state index is 13.3. The number of rotatable bonds is 2. The van der Waals surface area contributed by atoms with E-state index in [1.54, 1.807) is 6.20 Å². The summed E-state index contributed by atoms with van der Waals surface area (Å²) in [6, 6.07) is 1.92. The van der Waals surface area contributed by atoms with Crippen molar-refractivity contribution in [2.45, 2.75) is 38.6 Å². The average Bonchev–Trinajstić information content (AvgIpc) is 3.01. The fraction of sp³-hybridized carbons (Fsp3) is 0.750. The number of carbonyl (C=O) groups excluding carboxylic acids is 1. The van der Waals surface area contributed by atoms with Crippen LogP contribution in [0.5, 0.6) is 0 Å². The van der Waals surface area contributed by atoms with Gasteiger partial charge in [-0.25, -0.2) is 0 Å². The van der Waals surface area contributed by atoms with Crippen LogP contribution in [0, 0.1) is 11.8 Å². The molecule has 2 atom stereocenters. The molecule has 2 fully saturated rings. The van der Waals surface area contributed by atoms with E-state index in [0.717, 1.165) is 39.0 Å². The number of nitrogens with zero attached hydrogens (tertiary/aromatic N) is 3. The van der Waals surface area contributed by atoms with Gasteiger partial charge in [-0.05, 0) is 50.3 Å². The van der Waals surface area contributed by atoms with Crippen LogP contribution in [-0.4, -0.2) is 46.8 Å². The van der Waals surface area contributed by atoms with Crippen LogP contribution < -0.4 is 5.32 Å². The van der Waals surface area contributed by atoms with Gasteiger partial charge in [0, 0.05) is 25.5 Å². The molecule has 2 aliphatic rings. The monoisotopic (exact) mass is 290 g/mol. The SMILES string of the molecule is CC1CC(C)CN(C(=O)C2(n3cccn3)CCNCC2)C1. The second-order valence-corrected chi connectivity index (χ2v) is 6.89. The molecule has 5 heteroatoms. The Morgan fingerprint density at radius 2 is 1.90 bits per heavy atom. The Labute approximate surface area is 126 Å². The highest BCUT2D eigenvalue weighted by atomic mass is 16.2. The molecular formula is C16H26N4O. The van der Waals surface area contributed by atoms with Gasteiger partial charge >= 0.3 is 0 Å². The molecule has 2 saturated heterocycles. The summed E-state index contributed by atoms with van der Waals surface area (Å²) >= 11 is 0. The summed E-state index contributed by atoms with van der Waals surface area (Å²) in [7, 11) is 0. The second-order valence-electron chi connectivity index (χ2n) is 6.89. The predicted octanol–water partition coefficient (Wildman–Crippen LogP) is 1.47. The molecule has 0 radical (unpaired) electrons. The highest BCUT2D eigenvalue weighted by Gasteiger charge is 2.45. The molecule has 2 unspecified atom stereocenters. The maximum Gasteiger partial charge on any atom is 0.250 e. The first-order valence-electron chi connectivity index (χ1n) is 8.12. The van der Waals surface area contributed by atoms with Crippen molar-refractivity contribution in [3.63, 3.8) is 0 Å². The fourth-order valence-corrected chi connectivity index (χ4v) is 4.03. The average molecular weight is 290 g/mol. The zero-order chi connectivity index (χ0) is 14.9. The molecule has 21 heavy (non-hydrogen) atoms. The molecule has 5 nitrogen and oxygen atoms in total. The third-order valence-electron chi connectivity index (χ3n) is 4.93. The summed E-state index contributed by atoms with van der Waals surface area (Å²) in [4.78, 5) is 15.4. The molecule has 0 aromatic carbocycles. The number of amides is 1. The molecule has 3 rings (SSSR count). The zero-order valence-electron chi connectivity index (χ0n) is 13.1. The van der Waals surface area contributed by atoms with Crippen molar-refractivity contribution in [3.05, 3.63) is 18.5 Å². The van der Waals surface area contributed by atoms with Crippen LogP contribution in [-0.2, 0) is 10.3 Å². The summed E-state index contributed by atoms with van der Waals surface area (Å²) in [6.07, 6.45) is 6.60. The van der Waals surface area contributed by atoms with Gasteiger partial charge in [-0.2, -0.15) is 5.10 Å². The Kier molecular flexibility index (Phi) is 4.02. The van der Waals surface area contributed by atoms with Gasteiger partial charge in [-0.3, -0.25) is 9.48 Å². The molecule has 1 aromatic heterocycles. The van der Waals surface area contributed by atoms with Gasteiger partial charge in [0.25, 0.3) is 5.91 Å². The molecule has 0 saturated carbocycles. The minimum absolute atomic E-state index is 0.270. The summed E-state index contributed by atoms with van der Waals surface area (Å²) < 4.78 is 1.90. The Morgan fingerprint density at radius 1 is 1.24 bits per heavy atom. The van der Waals surface area contributed by atoms with Crippen LogP contribution in [0.3, 0.4) is 0 Å². The van der Waals surface area contributed by atoms with Gasteiger partial charge in [0.05, 0.1) is 0 Å². The first kappa shape index (κ1) is 14.6. The molecule has 116 valence electrons. The highest BCUT2D eigenvalue weighted by Crippen LogP contribution is 2.32. The van der Waals surface area contributed by atoms with Crippen molar-refractivity contribution in [1.29, 1.82) is 0 Å². The molecule has 1 N–H and O–H groups in total. The standard InChI is InChI=1S/C16H26N4O/c1-13-10-14(2)12-19(11-13)15(21)16(4-7-17-8-5-16)20-9-3-6-18-20/h3,6,9,13-14,17H,4-5,7-8,10-12H2,1-2H3. The topological polar surface area (TPSA) is 50.2 Å². The molecule has 3 heterocycles. The summed E-state index contributed by atoms with van der Waals surface area (Å²) in [6.45, 7) is 8.03. The number of likely N-dealkylation sites (tertiary alicyclic amines) is 1. The van der Waals surface area contributed by atoms with Crippen molar-refractivity contribution < 1.29 is 4.79 Å². The van der Waals surface area contributed by atoms with E-state index in [0.29, 0.717) is 11.8 Å². The van der Waals surface area contributed by atoms with Gasteiger partial charge in [-0.1, -0.05) is 13.8 Å². The number of nitrogens with one attached hydrogen (secondary N) is 1. The molecule has 0 bridgehead atoms. The molecule has 0 aliphatic carbocycles. The lowest BCUT2D eigenvalue weighted by molar-refractivity contribution is -0.146. The molecule has 0 spiro atoms. The van der Waals surface area contributed by atoms with Gasteiger partial charge in [0.15, 0.2) is 0 Å². The van der Waals surface area contributed by atoms with E-state index < -0.39 is 5.54 Å². The number of hydrogen-bond donors (Lipinski definition) is 1. The van der Waals surface area contributed by atoms with E-state index in [1.807, 2.05) is 16.9 Å². The number of hydrogen-bond acceptors (Lipinski definition) is 3. The van der Waals surface area contributed by atoms with Crippen LogP contribution >= 0.6 is 0 Å². The fourth-order valence-electron chi connectivity index (χ4n) is 4.03. The molecule has 2 aliphatic heterocycles. The minimum Gasteiger partial charge on any atom is -0.340 e. The van der Waals surface area contributed by atoms with Gasteiger partial charge in [0.1, 0.15) is 5.54 Å². The van der Waals surface area contributed by atoms with Crippen LogP contribution in [0.25, 0.3) is 0 Å². The minimum atomic E-state index is -0.481. The van der Waals surface area contributed by atoms with Crippen molar-refractivity contribution in [2.75, 3.05) is 26.2 Å². The zero-order valence-corrected chi connectivity index (χ0v) is 13.1. The molecule has 1 amide bonds. The first-order valence-corrected chi connectivity index (χ1v) is 8.12. The largest absolute Gasteiger partial charge is 0.340 e. The molecule has 1 aromatic rings. The number of carbonyl (C=O) groups is 1. The van der Waals surface area contributed by atoms with Crippen molar-refractivity contribution >= 4 is 5.91 Å². The summed E-state index contributed by atoms with van der Waals surface area (Å²) in [5.41, 5.74) is -0.481. The van der Waals surface area contributed by atoms with Crippen LogP contribution in [0.2, 0.25) is 0 Å². The lowest BCUT2D eigenvalue weighted by Gasteiger charge is -2.43. The van der Waals surface area contributed by atoms with Crippen LogP contribution in [0.4, 0.5) is 0 Å². The Morgan fingerprint density at radius 3 is 2.48 bits per heavy atom. The third-order valence-corrected chi connectivity index (χ3v) is 4.93. The van der Waals surface area contributed by atoms with E-state index in [4.69, 9.17) is 0 Å². The quantitative estimate of drug-likeness (QED) is 0.897. The Balaban J connectivity index is 1.88. The smallest absolute Gasteiger partial charge is 0.250 e. The lowest BCUT2D eigenvalue weighted by atomic mass is 9.84. The summed E-state index contributed by atoms with van der Waals surface area (Å²) in [5, 5.41) is 7.77. The van der Waals surface area contributed by atoms with E-state index in [1.165, 1.54) is 6.42 Å². The van der Waals surface area contributed by atoms with E-state index in [2.05, 4.69) is 29.2 Å². The van der Waals surface area contributed by atoms with E-state index >= 15 is 0 Å². The normalized spacial score (nSPS) is 29.3. The lowest BCUT2D eigenvalue weighted by Crippen LogP contribution is -2.58. The van der Waals surface area contributed by atoms with Crippen molar-refractivity contribution in [2.24, 2.45) is 11.8 Å². The predicted molar refractivity (Wildman–Crippen MR) is 81.8 cm³/mol. The summed E-state index contributed by atoms with van der Waals surface area (Å²) in [5.74, 6) is 1.45. The van der Waals surface area contributed by atoms with Crippen LogP contribution in [0.1, 0.15) is 33.1 Å². The van der Waals surface area contributed by atoms with E-state index in [9.17, 15) is 4.79 Å². The van der Waals surface area contributed by atoms with Gasteiger partial charge < -0.3 is 10.2 Å². The number of aromatic nitrogens is 2. The highest BCUT2D eigenvalue weighted by molar-refractivity contribution is 5.84. The third kappa shape index (κ3) is 2.71. The second kappa shape index (κ2) is 5.79. The van der Waals surface area contributed by atoms with E-state index in [-0.39, 0.29) is 5.91 Å². The Bertz CT molecular complexity index is 468.